The molecule has 2 aliphatic rings. The van der Waals surface area contributed by atoms with Crippen molar-refractivity contribution in [2.24, 2.45) is 0 Å². The molecule has 4 rings (SSSR count). The van der Waals surface area contributed by atoms with Gasteiger partial charge in [-0.25, -0.2) is 0 Å². The minimum Gasteiger partial charge on any atom is -0.490 e. The fourth-order valence-corrected chi connectivity index (χ4v) is 4.63. The van der Waals surface area contributed by atoms with E-state index >= 15 is 0 Å². The SMILES string of the molecule is CCCC(=O)Nc1ccc2c(c1)C(=O)N(C)[C@H]1CC[C@H](CC(=O)NCc3ccccc3)O[C@@H]1CO2. The minimum absolute atomic E-state index is 0.0588. The third-order valence-corrected chi connectivity index (χ3v) is 6.52. The van der Waals surface area contributed by atoms with Crippen LogP contribution < -0.4 is 15.4 Å². The van der Waals surface area contributed by atoms with Gasteiger partial charge in [0.1, 0.15) is 18.5 Å². The molecule has 0 radical (unpaired) electrons. The first-order chi connectivity index (χ1) is 16.9. The van der Waals surface area contributed by atoms with Gasteiger partial charge < -0.3 is 25.0 Å². The lowest BCUT2D eigenvalue weighted by Gasteiger charge is -2.42. The Morgan fingerprint density at radius 1 is 1.09 bits per heavy atom. The van der Waals surface area contributed by atoms with Crippen LogP contribution in [0, 0.1) is 0 Å². The second-order valence-corrected chi connectivity index (χ2v) is 9.14. The molecule has 1 saturated heterocycles. The van der Waals surface area contributed by atoms with E-state index in [1.807, 2.05) is 37.3 Å². The van der Waals surface area contributed by atoms with Crippen molar-refractivity contribution in [2.45, 2.75) is 63.8 Å². The molecule has 0 unspecified atom stereocenters. The lowest BCUT2D eigenvalue weighted by molar-refractivity contribution is -0.134. The highest BCUT2D eigenvalue weighted by Crippen LogP contribution is 2.32. The number of hydrogen-bond acceptors (Lipinski definition) is 5. The first-order valence-electron chi connectivity index (χ1n) is 12.2. The molecule has 2 aliphatic heterocycles. The largest absolute Gasteiger partial charge is 0.490 e. The van der Waals surface area contributed by atoms with Crippen molar-refractivity contribution in [1.82, 2.24) is 10.2 Å². The molecule has 2 aromatic carbocycles. The van der Waals surface area contributed by atoms with Gasteiger partial charge in [-0.3, -0.25) is 14.4 Å². The van der Waals surface area contributed by atoms with E-state index in [-0.39, 0.29) is 49.0 Å². The van der Waals surface area contributed by atoms with Crippen LogP contribution in [0.5, 0.6) is 5.75 Å². The van der Waals surface area contributed by atoms with Crippen molar-refractivity contribution in [3.8, 4) is 5.75 Å². The highest BCUT2D eigenvalue weighted by atomic mass is 16.5. The van der Waals surface area contributed by atoms with Gasteiger partial charge in [-0.1, -0.05) is 37.3 Å². The Hall–Kier alpha value is -3.39. The summed E-state index contributed by atoms with van der Waals surface area (Å²) in [6.07, 6.45) is 2.28. The Kier molecular flexibility index (Phi) is 8.02. The third-order valence-electron chi connectivity index (χ3n) is 6.52. The zero-order valence-corrected chi connectivity index (χ0v) is 20.3. The number of ether oxygens (including phenoxy) is 2. The monoisotopic (exact) mass is 479 g/mol. The fourth-order valence-electron chi connectivity index (χ4n) is 4.63. The van der Waals surface area contributed by atoms with Crippen LogP contribution in [0.4, 0.5) is 5.69 Å². The van der Waals surface area contributed by atoms with Gasteiger partial charge in [0.15, 0.2) is 0 Å². The molecule has 2 heterocycles. The van der Waals surface area contributed by atoms with Crippen molar-refractivity contribution < 1.29 is 23.9 Å². The summed E-state index contributed by atoms with van der Waals surface area (Å²) >= 11 is 0. The van der Waals surface area contributed by atoms with E-state index in [9.17, 15) is 14.4 Å². The highest BCUT2D eigenvalue weighted by molar-refractivity contribution is 5.99. The Balaban J connectivity index is 1.38. The van der Waals surface area contributed by atoms with E-state index in [2.05, 4.69) is 10.6 Å². The van der Waals surface area contributed by atoms with Crippen LogP contribution in [0.1, 0.15) is 54.9 Å². The number of amides is 3. The van der Waals surface area contributed by atoms with E-state index in [0.717, 1.165) is 18.4 Å². The quantitative estimate of drug-likeness (QED) is 0.634. The molecular weight excluding hydrogens is 446 g/mol. The van der Waals surface area contributed by atoms with Crippen LogP contribution in [-0.4, -0.2) is 54.5 Å². The van der Waals surface area contributed by atoms with Gasteiger partial charge in [-0.2, -0.15) is 0 Å². The maximum Gasteiger partial charge on any atom is 0.257 e. The van der Waals surface area contributed by atoms with Crippen LogP contribution in [0.3, 0.4) is 0 Å². The molecule has 186 valence electrons. The van der Waals surface area contributed by atoms with E-state index in [4.69, 9.17) is 9.47 Å². The third kappa shape index (κ3) is 6.19. The molecule has 2 N–H and O–H groups in total. The number of fused-ring (bicyclic) bond motifs is 2. The van der Waals surface area contributed by atoms with E-state index < -0.39 is 0 Å². The van der Waals surface area contributed by atoms with Gasteiger partial charge in [0.2, 0.25) is 11.8 Å². The summed E-state index contributed by atoms with van der Waals surface area (Å²) in [5.41, 5.74) is 2.04. The summed E-state index contributed by atoms with van der Waals surface area (Å²) in [5.74, 6) is 0.139. The van der Waals surface area contributed by atoms with Gasteiger partial charge in [-0.05, 0) is 43.0 Å². The number of rotatable bonds is 7. The van der Waals surface area contributed by atoms with Gasteiger partial charge in [0.25, 0.3) is 5.91 Å². The number of carbonyl (C=O) groups is 3. The Morgan fingerprint density at radius 3 is 2.66 bits per heavy atom. The smallest absolute Gasteiger partial charge is 0.257 e. The number of benzene rings is 2. The van der Waals surface area contributed by atoms with Gasteiger partial charge in [-0.15, -0.1) is 0 Å². The predicted octanol–water partition coefficient (Wildman–Crippen LogP) is 3.51. The summed E-state index contributed by atoms with van der Waals surface area (Å²) in [7, 11) is 1.77. The number of nitrogens with one attached hydrogen (secondary N) is 2. The lowest BCUT2D eigenvalue weighted by atomic mass is 9.94. The van der Waals surface area contributed by atoms with Crippen molar-refractivity contribution in [3.05, 3.63) is 59.7 Å². The zero-order valence-electron chi connectivity index (χ0n) is 20.3. The molecule has 2 aromatic rings. The molecule has 0 bridgehead atoms. The summed E-state index contributed by atoms with van der Waals surface area (Å²) in [4.78, 5) is 39.5. The molecule has 3 atom stereocenters. The summed E-state index contributed by atoms with van der Waals surface area (Å²) in [5, 5.41) is 5.79. The summed E-state index contributed by atoms with van der Waals surface area (Å²) in [6.45, 7) is 2.70. The van der Waals surface area contributed by atoms with E-state index in [1.54, 1.807) is 30.1 Å². The normalized spacial score (nSPS) is 21.6. The second-order valence-electron chi connectivity index (χ2n) is 9.14. The van der Waals surface area contributed by atoms with Crippen LogP contribution in [-0.2, 0) is 20.9 Å². The maximum absolute atomic E-state index is 13.3. The second kappa shape index (κ2) is 11.4. The molecule has 8 heteroatoms. The molecule has 8 nitrogen and oxygen atoms in total. The standard InChI is InChI=1S/C27H33N3O5/c1-3-7-25(31)29-19-10-13-23-21(14-19)27(33)30(2)22-12-11-20(35-24(22)17-34-23)15-26(32)28-16-18-8-5-4-6-9-18/h4-6,8-10,13-14,20,22,24H,3,7,11-12,15-17H2,1-2H3,(H,28,32)(H,29,31)/t20-,22+,24-/m1/s1. The average Bonchev–Trinajstić information content (AvgIpc) is 2.86. The number of hydrogen-bond donors (Lipinski definition) is 2. The van der Waals surface area contributed by atoms with E-state index in [1.165, 1.54) is 0 Å². The molecule has 1 fully saturated rings. The van der Waals surface area contributed by atoms with E-state index in [0.29, 0.717) is 36.4 Å². The van der Waals surface area contributed by atoms with Crippen molar-refractivity contribution >= 4 is 23.4 Å². The van der Waals surface area contributed by atoms with Crippen molar-refractivity contribution in [2.75, 3.05) is 19.0 Å². The average molecular weight is 480 g/mol. The first kappa shape index (κ1) is 24.7. The van der Waals surface area contributed by atoms with Crippen molar-refractivity contribution in [1.29, 1.82) is 0 Å². The Morgan fingerprint density at radius 2 is 1.89 bits per heavy atom. The topological polar surface area (TPSA) is 97.0 Å². The molecular formula is C27H33N3O5. The summed E-state index contributed by atoms with van der Waals surface area (Å²) < 4.78 is 12.2. The molecule has 0 aliphatic carbocycles. The van der Waals surface area contributed by atoms with Crippen LogP contribution in [0.2, 0.25) is 0 Å². The highest BCUT2D eigenvalue weighted by Gasteiger charge is 2.39. The molecule has 35 heavy (non-hydrogen) atoms. The molecule has 0 aromatic heterocycles. The van der Waals surface area contributed by atoms with Crippen LogP contribution in [0.25, 0.3) is 0 Å². The van der Waals surface area contributed by atoms with Crippen molar-refractivity contribution in [3.63, 3.8) is 0 Å². The van der Waals surface area contributed by atoms with Gasteiger partial charge >= 0.3 is 0 Å². The minimum atomic E-state index is -0.332. The van der Waals surface area contributed by atoms with Crippen LogP contribution >= 0.6 is 0 Å². The predicted molar refractivity (Wildman–Crippen MR) is 132 cm³/mol. The van der Waals surface area contributed by atoms with Crippen LogP contribution in [0.15, 0.2) is 48.5 Å². The number of carbonyl (C=O) groups excluding carboxylic acids is 3. The Bertz CT molecular complexity index is 1060. The van der Waals surface area contributed by atoms with Gasteiger partial charge in [0.05, 0.1) is 24.1 Å². The molecule has 0 spiro atoms. The lowest BCUT2D eigenvalue weighted by Crippen LogP contribution is -2.53. The zero-order chi connectivity index (χ0) is 24.8. The first-order valence-corrected chi connectivity index (χ1v) is 12.2. The Labute approximate surface area is 206 Å². The number of anilines is 1. The fraction of sp³-hybridized carbons (Fsp3) is 0.444. The summed E-state index contributed by atoms with van der Waals surface area (Å²) in [6, 6.07) is 14.7. The maximum atomic E-state index is 13.3. The molecule has 3 amide bonds. The molecule has 0 saturated carbocycles. The number of likely N-dealkylation sites (N-methyl/N-ethyl adjacent to an activating group) is 1. The van der Waals surface area contributed by atoms with Gasteiger partial charge in [0, 0.05) is 25.7 Å². The number of nitrogens with zero attached hydrogens (tertiary/aromatic N) is 1.